The minimum Gasteiger partial charge on any atom is -0.435 e. The van der Waals surface area contributed by atoms with E-state index in [0.29, 0.717) is 12.8 Å². The van der Waals surface area contributed by atoms with Crippen molar-refractivity contribution < 1.29 is 18.3 Å². The maximum Gasteiger partial charge on any atom is 0.387 e. The number of rotatable bonds is 7. The number of benzene rings is 1. The molecular weight excluding hydrogens is 308 g/mol. The monoisotopic (exact) mass is 325 g/mol. The van der Waals surface area contributed by atoms with Gasteiger partial charge in [0.25, 0.3) is 0 Å². The molecule has 0 saturated carbocycles. The van der Waals surface area contributed by atoms with Crippen LogP contribution in [0.5, 0.6) is 5.75 Å². The Kier molecular flexibility index (Phi) is 5.89. The van der Waals surface area contributed by atoms with Crippen molar-refractivity contribution in [1.82, 2.24) is 5.32 Å². The SMILES string of the molecule is CC(NC(=O)CCc1ccsc1)c1cccc(OC(F)F)c1. The Morgan fingerprint density at radius 3 is 2.86 bits per heavy atom. The molecule has 3 nitrogen and oxygen atoms in total. The number of carbonyl (C=O) groups excluding carboxylic acids is 1. The third-order valence-electron chi connectivity index (χ3n) is 3.18. The molecule has 1 aromatic carbocycles. The van der Waals surface area contributed by atoms with Gasteiger partial charge in [0, 0.05) is 6.42 Å². The third kappa shape index (κ3) is 5.11. The number of carbonyl (C=O) groups is 1. The molecule has 0 saturated heterocycles. The Morgan fingerprint density at radius 2 is 2.18 bits per heavy atom. The molecule has 2 aromatic rings. The number of amides is 1. The van der Waals surface area contributed by atoms with Crippen molar-refractivity contribution in [1.29, 1.82) is 0 Å². The van der Waals surface area contributed by atoms with Crippen LogP contribution in [0.3, 0.4) is 0 Å². The van der Waals surface area contributed by atoms with E-state index in [-0.39, 0.29) is 17.7 Å². The normalized spacial score (nSPS) is 12.2. The molecule has 1 N–H and O–H groups in total. The summed E-state index contributed by atoms with van der Waals surface area (Å²) in [6.07, 6.45) is 1.09. The molecule has 6 heteroatoms. The molecule has 2 rings (SSSR count). The maximum atomic E-state index is 12.2. The molecule has 118 valence electrons. The maximum absolute atomic E-state index is 12.2. The Bertz CT molecular complexity index is 602. The van der Waals surface area contributed by atoms with Crippen molar-refractivity contribution >= 4 is 17.2 Å². The Hall–Kier alpha value is -1.95. The summed E-state index contributed by atoms with van der Waals surface area (Å²) in [6.45, 7) is -1.05. The van der Waals surface area contributed by atoms with Gasteiger partial charge in [0.15, 0.2) is 0 Å². The first-order valence-corrected chi connectivity index (χ1v) is 7.84. The van der Waals surface area contributed by atoms with Crippen molar-refractivity contribution in [2.45, 2.75) is 32.4 Å². The number of thiophene rings is 1. The van der Waals surface area contributed by atoms with Gasteiger partial charge < -0.3 is 10.1 Å². The Labute approximate surface area is 131 Å². The molecule has 0 aliphatic heterocycles. The van der Waals surface area contributed by atoms with Crippen LogP contribution < -0.4 is 10.1 Å². The van der Waals surface area contributed by atoms with E-state index >= 15 is 0 Å². The van der Waals surface area contributed by atoms with Crippen molar-refractivity contribution in [3.63, 3.8) is 0 Å². The topological polar surface area (TPSA) is 38.3 Å². The van der Waals surface area contributed by atoms with Crippen molar-refractivity contribution in [2.75, 3.05) is 0 Å². The summed E-state index contributed by atoms with van der Waals surface area (Å²) in [5.74, 6) is 0.0192. The van der Waals surface area contributed by atoms with Gasteiger partial charge in [0.2, 0.25) is 5.91 Å². The fourth-order valence-corrected chi connectivity index (χ4v) is 2.75. The summed E-state index contributed by atoms with van der Waals surface area (Å²) in [7, 11) is 0. The van der Waals surface area contributed by atoms with Gasteiger partial charge in [-0.05, 0) is 53.4 Å². The van der Waals surface area contributed by atoms with Gasteiger partial charge in [-0.15, -0.1) is 0 Å². The van der Waals surface area contributed by atoms with Crippen LogP contribution in [0.1, 0.15) is 30.5 Å². The lowest BCUT2D eigenvalue weighted by molar-refractivity contribution is -0.121. The van der Waals surface area contributed by atoms with Gasteiger partial charge in [0.05, 0.1) is 6.04 Å². The molecule has 1 atom stereocenters. The molecule has 0 fully saturated rings. The average Bonchev–Trinajstić information content (AvgIpc) is 2.98. The predicted octanol–water partition coefficient (Wildman–Crippen LogP) is 4.16. The predicted molar refractivity (Wildman–Crippen MR) is 82.3 cm³/mol. The quantitative estimate of drug-likeness (QED) is 0.830. The first-order chi connectivity index (χ1) is 10.5. The van der Waals surface area contributed by atoms with Crippen LogP contribution in [-0.2, 0) is 11.2 Å². The van der Waals surface area contributed by atoms with Crippen LogP contribution in [0.15, 0.2) is 41.1 Å². The molecule has 0 aliphatic rings. The number of aryl methyl sites for hydroxylation is 1. The average molecular weight is 325 g/mol. The van der Waals surface area contributed by atoms with Crippen molar-refractivity contribution in [2.24, 2.45) is 0 Å². The number of ether oxygens (including phenoxy) is 1. The summed E-state index contributed by atoms with van der Waals surface area (Å²) < 4.78 is 28.8. The number of hydrogen-bond donors (Lipinski definition) is 1. The largest absolute Gasteiger partial charge is 0.435 e. The second-order valence-electron chi connectivity index (χ2n) is 4.87. The molecule has 0 spiro atoms. The van der Waals surface area contributed by atoms with Crippen LogP contribution in [0, 0.1) is 0 Å². The van der Waals surface area contributed by atoms with Crippen LogP contribution in [0.25, 0.3) is 0 Å². The molecule has 0 bridgehead atoms. The second kappa shape index (κ2) is 7.89. The lowest BCUT2D eigenvalue weighted by Gasteiger charge is -2.15. The molecule has 1 unspecified atom stereocenters. The molecule has 1 aromatic heterocycles. The van der Waals surface area contributed by atoms with Crippen LogP contribution in [0.2, 0.25) is 0 Å². The zero-order chi connectivity index (χ0) is 15.9. The van der Waals surface area contributed by atoms with Gasteiger partial charge in [-0.3, -0.25) is 4.79 Å². The zero-order valence-corrected chi connectivity index (χ0v) is 12.9. The molecule has 0 aliphatic carbocycles. The molecule has 1 heterocycles. The van der Waals surface area contributed by atoms with Gasteiger partial charge in [-0.25, -0.2) is 0 Å². The summed E-state index contributed by atoms with van der Waals surface area (Å²) in [4.78, 5) is 11.9. The number of nitrogens with one attached hydrogen (secondary N) is 1. The molecule has 1 amide bonds. The van der Waals surface area contributed by atoms with E-state index in [4.69, 9.17) is 0 Å². The first-order valence-electron chi connectivity index (χ1n) is 6.90. The van der Waals surface area contributed by atoms with E-state index < -0.39 is 6.61 Å². The fourth-order valence-electron chi connectivity index (χ4n) is 2.05. The Morgan fingerprint density at radius 1 is 1.36 bits per heavy atom. The highest BCUT2D eigenvalue weighted by Crippen LogP contribution is 2.20. The van der Waals surface area contributed by atoms with Gasteiger partial charge >= 0.3 is 6.61 Å². The zero-order valence-electron chi connectivity index (χ0n) is 12.1. The first kappa shape index (κ1) is 16.4. The molecule has 0 radical (unpaired) electrons. The number of alkyl halides is 2. The minimum absolute atomic E-state index is 0.0705. The second-order valence-corrected chi connectivity index (χ2v) is 5.65. The van der Waals surface area contributed by atoms with Gasteiger partial charge in [-0.1, -0.05) is 12.1 Å². The fraction of sp³-hybridized carbons (Fsp3) is 0.312. The van der Waals surface area contributed by atoms with Crippen LogP contribution in [0.4, 0.5) is 8.78 Å². The molecular formula is C16H17F2NO2S. The smallest absolute Gasteiger partial charge is 0.387 e. The summed E-state index contributed by atoms with van der Waals surface area (Å²) >= 11 is 1.60. The van der Waals surface area contributed by atoms with Gasteiger partial charge in [-0.2, -0.15) is 20.1 Å². The highest BCUT2D eigenvalue weighted by Gasteiger charge is 2.12. The third-order valence-corrected chi connectivity index (χ3v) is 3.91. The standard InChI is InChI=1S/C16H17F2NO2S/c1-11(13-3-2-4-14(9-13)21-16(17)18)19-15(20)6-5-12-7-8-22-10-12/h2-4,7-11,16H,5-6H2,1H3,(H,19,20). The summed E-state index contributed by atoms with van der Waals surface area (Å²) in [5.41, 5.74) is 1.86. The van der Waals surface area contributed by atoms with E-state index in [1.165, 1.54) is 12.1 Å². The molecule has 22 heavy (non-hydrogen) atoms. The van der Waals surface area contributed by atoms with Crippen molar-refractivity contribution in [3.8, 4) is 5.75 Å². The number of hydrogen-bond acceptors (Lipinski definition) is 3. The highest BCUT2D eigenvalue weighted by molar-refractivity contribution is 7.07. The van der Waals surface area contributed by atoms with Crippen molar-refractivity contribution in [3.05, 3.63) is 52.2 Å². The van der Waals surface area contributed by atoms with E-state index in [2.05, 4.69) is 10.1 Å². The lowest BCUT2D eigenvalue weighted by Crippen LogP contribution is -2.26. The summed E-state index contributed by atoms with van der Waals surface area (Å²) in [6, 6.07) is 8.09. The van der Waals surface area contributed by atoms with Crippen LogP contribution in [-0.4, -0.2) is 12.5 Å². The highest BCUT2D eigenvalue weighted by atomic mass is 32.1. The van der Waals surface area contributed by atoms with E-state index in [0.717, 1.165) is 11.1 Å². The Balaban J connectivity index is 1.88. The van der Waals surface area contributed by atoms with E-state index in [1.54, 1.807) is 23.5 Å². The summed E-state index contributed by atoms with van der Waals surface area (Å²) in [5, 5.41) is 6.85. The minimum atomic E-state index is -2.86. The number of halogens is 2. The lowest BCUT2D eigenvalue weighted by atomic mass is 10.1. The van der Waals surface area contributed by atoms with E-state index in [1.807, 2.05) is 23.8 Å². The van der Waals surface area contributed by atoms with Gasteiger partial charge in [0.1, 0.15) is 5.75 Å². The van der Waals surface area contributed by atoms with E-state index in [9.17, 15) is 13.6 Å². The van der Waals surface area contributed by atoms with Crippen LogP contribution >= 0.6 is 11.3 Å².